The zero-order valence-electron chi connectivity index (χ0n) is 9.83. The number of ether oxygens (including phenoxy) is 1. The molecule has 3 nitrogen and oxygen atoms in total. The maximum atomic E-state index is 12.6. The number of pyridine rings is 1. The number of aromatic nitrogens is 1. The van der Waals surface area contributed by atoms with Crippen LogP contribution in [0.4, 0.5) is 19.0 Å². The van der Waals surface area contributed by atoms with Crippen LogP contribution < -0.4 is 10.5 Å². The Hall–Kier alpha value is -1.46. The van der Waals surface area contributed by atoms with Crippen LogP contribution in [-0.2, 0) is 6.18 Å². The van der Waals surface area contributed by atoms with Crippen LogP contribution in [0.3, 0.4) is 0 Å². The van der Waals surface area contributed by atoms with Gasteiger partial charge in [0.2, 0.25) is 5.88 Å². The predicted octanol–water partition coefficient (Wildman–Crippen LogP) is 3.39. The molecule has 0 spiro atoms. The maximum Gasteiger partial charge on any atom is 0.416 e. The lowest BCUT2D eigenvalue weighted by molar-refractivity contribution is -0.137. The van der Waals surface area contributed by atoms with Crippen molar-refractivity contribution in [2.45, 2.75) is 44.4 Å². The summed E-state index contributed by atoms with van der Waals surface area (Å²) in [4.78, 5) is 3.80. The molecule has 18 heavy (non-hydrogen) atoms. The second-order valence-corrected chi connectivity index (χ2v) is 4.49. The van der Waals surface area contributed by atoms with Gasteiger partial charge in [0.15, 0.2) is 0 Å². The summed E-state index contributed by atoms with van der Waals surface area (Å²) in [6, 6.07) is 1.72. The number of alkyl halides is 3. The van der Waals surface area contributed by atoms with E-state index in [-0.39, 0.29) is 17.8 Å². The van der Waals surface area contributed by atoms with Crippen LogP contribution in [0.15, 0.2) is 12.1 Å². The van der Waals surface area contributed by atoms with E-state index in [1.54, 1.807) is 0 Å². The maximum absolute atomic E-state index is 12.6. The van der Waals surface area contributed by atoms with Gasteiger partial charge in [-0.2, -0.15) is 18.2 Å². The Morgan fingerprint density at radius 1 is 1.17 bits per heavy atom. The normalized spacial score (nSPS) is 17.7. The summed E-state index contributed by atoms with van der Waals surface area (Å²) >= 11 is 0. The molecule has 0 bridgehead atoms. The van der Waals surface area contributed by atoms with Gasteiger partial charge in [-0.25, -0.2) is 0 Å². The summed E-state index contributed by atoms with van der Waals surface area (Å²) in [5.74, 6) is -0.204. The van der Waals surface area contributed by atoms with Crippen molar-refractivity contribution < 1.29 is 17.9 Å². The quantitative estimate of drug-likeness (QED) is 0.886. The van der Waals surface area contributed by atoms with E-state index >= 15 is 0 Å². The van der Waals surface area contributed by atoms with Crippen LogP contribution in [0.5, 0.6) is 5.88 Å². The molecule has 2 N–H and O–H groups in total. The van der Waals surface area contributed by atoms with Crippen LogP contribution in [0.2, 0.25) is 0 Å². The highest BCUT2D eigenvalue weighted by Crippen LogP contribution is 2.33. The Balaban J connectivity index is 2.14. The molecule has 2 rings (SSSR count). The molecule has 0 atom stereocenters. The molecule has 0 saturated heterocycles. The van der Waals surface area contributed by atoms with Gasteiger partial charge in [0.25, 0.3) is 0 Å². The monoisotopic (exact) mass is 260 g/mol. The molecule has 1 saturated carbocycles. The summed E-state index contributed by atoms with van der Waals surface area (Å²) in [6.45, 7) is 0. The van der Waals surface area contributed by atoms with E-state index in [1.165, 1.54) is 0 Å². The first-order valence-corrected chi connectivity index (χ1v) is 5.96. The van der Waals surface area contributed by atoms with Crippen LogP contribution in [0, 0.1) is 0 Å². The number of nitrogens with zero attached hydrogens (tertiary/aromatic N) is 1. The zero-order valence-corrected chi connectivity index (χ0v) is 9.83. The van der Waals surface area contributed by atoms with E-state index in [4.69, 9.17) is 10.5 Å². The standard InChI is InChI=1S/C12H15F3N2O/c13-12(14,15)8-6-10(16)17-11(7-8)18-9-4-2-1-3-5-9/h6-7,9H,1-5H2,(H2,16,17). The highest BCUT2D eigenvalue weighted by molar-refractivity contribution is 5.38. The van der Waals surface area contributed by atoms with Gasteiger partial charge < -0.3 is 10.5 Å². The number of hydrogen-bond acceptors (Lipinski definition) is 3. The van der Waals surface area contributed by atoms with Gasteiger partial charge in [0.05, 0.1) is 5.56 Å². The molecule has 1 fully saturated rings. The summed E-state index contributed by atoms with van der Waals surface area (Å²) in [5, 5.41) is 0. The molecule has 1 aromatic heterocycles. The third-order valence-electron chi connectivity index (χ3n) is 2.99. The van der Waals surface area contributed by atoms with E-state index in [9.17, 15) is 13.2 Å². The number of anilines is 1. The van der Waals surface area contributed by atoms with E-state index in [0.717, 1.165) is 44.2 Å². The average Bonchev–Trinajstić information content (AvgIpc) is 2.28. The molecule has 0 aromatic carbocycles. The predicted molar refractivity (Wildman–Crippen MR) is 61.2 cm³/mol. The van der Waals surface area contributed by atoms with Crippen LogP contribution >= 0.6 is 0 Å². The second-order valence-electron chi connectivity index (χ2n) is 4.49. The topological polar surface area (TPSA) is 48.1 Å². The molecule has 0 amide bonds. The molecule has 1 aliphatic carbocycles. The molecule has 1 aliphatic rings. The number of nitrogen functional groups attached to an aromatic ring is 1. The van der Waals surface area contributed by atoms with Crippen molar-refractivity contribution in [2.75, 3.05) is 5.73 Å². The average molecular weight is 260 g/mol. The minimum Gasteiger partial charge on any atom is -0.474 e. The van der Waals surface area contributed by atoms with Gasteiger partial charge in [-0.15, -0.1) is 0 Å². The molecule has 0 radical (unpaired) electrons. The minimum absolute atomic E-state index is 0.0331. The third kappa shape index (κ3) is 3.27. The van der Waals surface area contributed by atoms with Crippen LogP contribution in [0.25, 0.3) is 0 Å². The zero-order chi connectivity index (χ0) is 13.2. The van der Waals surface area contributed by atoms with E-state index in [1.807, 2.05) is 0 Å². The lowest BCUT2D eigenvalue weighted by atomic mass is 9.98. The van der Waals surface area contributed by atoms with Crippen LogP contribution in [0.1, 0.15) is 37.7 Å². The van der Waals surface area contributed by atoms with Crippen molar-refractivity contribution in [3.63, 3.8) is 0 Å². The molecule has 100 valence electrons. The number of halogens is 3. The Bertz CT molecular complexity index is 414. The van der Waals surface area contributed by atoms with Gasteiger partial charge >= 0.3 is 6.18 Å². The van der Waals surface area contributed by atoms with E-state index in [0.29, 0.717) is 0 Å². The molecular formula is C12H15F3N2O. The third-order valence-corrected chi connectivity index (χ3v) is 2.99. The minimum atomic E-state index is -4.43. The molecule has 1 aromatic rings. The summed E-state index contributed by atoms with van der Waals surface area (Å²) < 4.78 is 43.2. The van der Waals surface area contributed by atoms with E-state index in [2.05, 4.69) is 4.98 Å². The number of nitrogens with two attached hydrogens (primary N) is 1. The number of rotatable bonds is 2. The van der Waals surface area contributed by atoms with Crippen molar-refractivity contribution in [1.82, 2.24) is 4.98 Å². The summed E-state index contributed by atoms with van der Waals surface area (Å²) in [5.41, 5.74) is 4.55. The van der Waals surface area contributed by atoms with Crippen molar-refractivity contribution in [1.29, 1.82) is 0 Å². The van der Waals surface area contributed by atoms with Gasteiger partial charge in [0, 0.05) is 6.07 Å². The highest BCUT2D eigenvalue weighted by atomic mass is 19.4. The smallest absolute Gasteiger partial charge is 0.416 e. The van der Waals surface area contributed by atoms with Gasteiger partial charge in [-0.3, -0.25) is 0 Å². The van der Waals surface area contributed by atoms with Gasteiger partial charge in [-0.05, 0) is 31.7 Å². The number of hydrogen-bond donors (Lipinski definition) is 1. The Labute approximate surface area is 103 Å². The van der Waals surface area contributed by atoms with Crippen molar-refractivity contribution in [2.24, 2.45) is 0 Å². The van der Waals surface area contributed by atoms with Crippen molar-refractivity contribution in [3.05, 3.63) is 17.7 Å². The fourth-order valence-electron chi connectivity index (χ4n) is 2.10. The fraction of sp³-hybridized carbons (Fsp3) is 0.583. The molecule has 1 heterocycles. The van der Waals surface area contributed by atoms with Crippen molar-refractivity contribution >= 4 is 5.82 Å². The Morgan fingerprint density at radius 3 is 2.44 bits per heavy atom. The summed E-state index contributed by atoms with van der Waals surface area (Å²) in [6.07, 6.45) is 0.474. The van der Waals surface area contributed by atoms with Crippen LogP contribution in [-0.4, -0.2) is 11.1 Å². The largest absolute Gasteiger partial charge is 0.474 e. The molecule has 6 heteroatoms. The second kappa shape index (κ2) is 5.04. The molecular weight excluding hydrogens is 245 g/mol. The first kappa shape index (κ1) is 13.0. The molecule has 0 unspecified atom stereocenters. The highest BCUT2D eigenvalue weighted by Gasteiger charge is 2.32. The van der Waals surface area contributed by atoms with Crippen molar-refractivity contribution in [3.8, 4) is 5.88 Å². The molecule has 0 aliphatic heterocycles. The first-order valence-electron chi connectivity index (χ1n) is 5.96. The summed E-state index contributed by atoms with van der Waals surface area (Å²) in [7, 11) is 0. The van der Waals surface area contributed by atoms with Gasteiger partial charge in [0.1, 0.15) is 11.9 Å². The fourth-order valence-corrected chi connectivity index (χ4v) is 2.10. The lowest BCUT2D eigenvalue weighted by Gasteiger charge is -2.22. The van der Waals surface area contributed by atoms with E-state index < -0.39 is 11.7 Å². The van der Waals surface area contributed by atoms with Gasteiger partial charge in [-0.1, -0.05) is 6.42 Å². The first-order chi connectivity index (χ1) is 8.45. The Morgan fingerprint density at radius 2 is 1.83 bits per heavy atom. The SMILES string of the molecule is Nc1cc(C(F)(F)F)cc(OC2CCCCC2)n1. The lowest BCUT2D eigenvalue weighted by Crippen LogP contribution is -2.20. The Kier molecular flexibility index (Phi) is 3.63.